The van der Waals surface area contributed by atoms with Crippen molar-refractivity contribution in [1.82, 2.24) is 4.90 Å². The van der Waals surface area contributed by atoms with E-state index < -0.39 is 5.60 Å². The number of aryl methyl sites for hydroxylation is 1. The summed E-state index contributed by atoms with van der Waals surface area (Å²) in [5.74, 6) is -0.356. The summed E-state index contributed by atoms with van der Waals surface area (Å²) in [6.45, 7) is 8.28. The van der Waals surface area contributed by atoms with E-state index in [1.54, 1.807) is 0 Å². The van der Waals surface area contributed by atoms with E-state index in [1.165, 1.54) is 0 Å². The van der Waals surface area contributed by atoms with E-state index in [0.29, 0.717) is 26.2 Å². The fourth-order valence-corrected chi connectivity index (χ4v) is 4.65. The number of ether oxygens (including phenoxy) is 3. The third-order valence-electron chi connectivity index (χ3n) is 6.74. The minimum absolute atomic E-state index is 0.135. The molecular formula is C31H37NO4. The van der Waals surface area contributed by atoms with E-state index in [4.69, 9.17) is 14.2 Å². The second kappa shape index (κ2) is 12.8. The van der Waals surface area contributed by atoms with Gasteiger partial charge >= 0.3 is 5.97 Å². The van der Waals surface area contributed by atoms with Gasteiger partial charge in [-0.15, -0.1) is 0 Å². The molecule has 0 bridgehead atoms. The average molecular weight is 488 g/mol. The smallest absolute Gasteiger partial charge is 0.348 e. The van der Waals surface area contributed by atoms with Crippen molar-refractivity contribution in [1.29, 1.82) is 0 Å². The summed E-state index contributed by atoms with van der Waals surface area (Å²) in [6.07, 6.45) is 1.36. The minimum atomic E-state index is -1.34. The Labute approximate surface area is 215 Å². The Hall–Kier alpha value is -2.99. The number of esters is 1. The van der Waals surface area contributed by atoms with Crippen molar-refractivity contribution >= 4 is 5.97 Å². The normalized spacial score (nSPS) is 17.6. The Kier molecular flexibility index (Phi) is 9.29. The van der Waals surface area contributed by atoms with Gasteiger partial charge in [-0.25, -0.2) is 4.79 Å². The predicted molar refractivity (Wildman–Crippen MR) is 142 cm³/mol. The van der Waals surface area contributed by atoms with Gasteiger partial charge in [0.25, 0.3) is 0 Å². The molecule has 1 saturated heterocycles. The van der Waals surface area contributed by atoms with Crippen LogP contribution in [0.4, 0.5) is 0 Å². The predicted octanol–water partition coefficient (Wildman–Crippen LogP) is 5.50. The summed E-state index contributed by atoms with van der Waals surface area (Å²) < 4.78 is 18.6. The SMILES string of the molecule is CCN1CCC(OC(=O)C(OCCCOCc2ccccc2)(c2ccccc2)c2ccc(C)cc2)C1. The maximum absolute atomic E-state index is 14.0. The molecule has 2 unspecified atom stereocenters. The van der Waals surface area contributed by atoms with Gasteiger partial charge in [0.05, 0.1) is 13.2 Å². The van der Waals surface area contributed by atoms with E-state index in [-0.39, 0.29) is 12.1 Å². The molecule has 5 nitrogen and oxygen atoms in total. The second-order valence-electron chi connectivity index (χ2n) is 9.36. The summed E-state index contributed by atoms with van der Waals surface area (Å²) in [4.78, 5) is 16.3. The highest BCUT2D eigenvalue weighted by molar-refractivity contribution is 5.86. The molecule has 4 rings (SSSR count). The highest BCUT2D eigenvalue weighted by Gasteiger charge is 2.46. The van der Waals surface area contributed by atoms with Crippen LogP contribution in [0.3, 0.4) is 0 Å². The molecular weight excluding hydrogens is 450 g/mol. The monoisotopic (exact) mass is 487 g/mol. The van der Waals surface area contributed by atoms with Crippen molar-refractivity contribution in [2.24, 2.45) is 0 Å². The van der Waals surface area contributed by atoms with Crippen LogP contribution in [0.15, 0.2) is 84.9 Å². The number of hydrogen-bond acceptors (Lipinski definition) is 5. The summed E-state index contributed by atoms with van der Waals surface area (Å²) >= 11 is 0. The zero-order chi connectivity index (χ0) is 25.2. The third-order valence-corrected chi connectivity index (χ3v) is 6.74. The van der Waals surface area contributed by atoms with Crippen LogP contribution in [0.5, 0.6) is 0 Å². The standard InChI is InChI=1S/C31H37NO4/c1-3-32-20-19-29(23-32)36-30(33)31(27-13-8-5-9-14-27,28-17-15-25(2)16-18-28)35-22-10-21-34-24-26-11-6-4-7-12-26/h4-9,11-18,29H,3,10,19-24H2,1-2H3. The first kappa shape index (κ1) is 26.1. The lowest BCUT2D eigenvalue weighted by Gasteiger charge is -2.34. The third kappa shape index (κ3) is 6.41. The van der Waals surface area contributed by atoms with E-state index >= 15 is 0 Å². The van der Waals surface area contributed by atoms with Gasteiger partial charge in [0.2, 0.25) is 5.60 Å². The summed E-state index contributed by atoms with van der Waals surface area (Å²) in [6, 6.07) is 27.8. The molecule has 3 aromatic carbocycles. The lowest BCUT2D eigenvalue weighted by Crippen LogP contribution is -2.44. The van der Waals surface area contributed by atoms with Crippen LogP contribution >= 0.6 is 0 Å². The lowest BCUT2D eigenvalue weighted by molar-refractivity contribution is -0.174. The maximum Gasteiger partial charge on any atom is 0.348 e. The molecule has 1 heterocycles. The topological polar surface area (TPSA) is 48.0 Å². The van der Waals surface area contributed by atoms with Gasteiger partial charge in [0.1, 0.15) is 6.10 Å². The molecule has 1 aliphatic heterocycles. The molecule has 2 atom stereocenters. The fraction of sp³-hybridized carbons (Fsp3) is 0.387. The van der Waals surface area contributed by atoms with Crippen LogP contribution < -0.4 is 0 Å². The van der Waals surface area contributed by atoms with E-state index in [0.717, 1.165) is 48.3 Å². The number of likely N-dealkylation sites (N-methyl/N-ethyl adjacent to an activating group) is 1. The number of rotatable bonds is 12. The van der Waals surface area contributed by atoms with Gasteiger partial charge in [0, 0.05) is 19.7 Å². The Bertz CT molecular complexity index is 1070. The van der Waals surface area contributed by atoms with E-state index in [9.17, 15) is 4.79 Å². The molecule has 190 valence electrons. The molecule has 0 aromatic heterocycles. The van der Waals surface area contributed by atoms with Crippen LogP contribution in [-0.4, -0.2) is 49.8 Å². The number of benzene rings is 3. The zero-order valence-electron chi connectivity index (χ0n) is 21.4. The Morgan fingerprint density at radius 3 is 2.25 bits per heavy atom. The van der Waals surface area contributed by atoms with Crippen LogP contribution in [0, 0.1) is 6.92 Å². The maximum atomic E-state index is 14.0. The number of carbonyl (C=O) groups excluding carboxylic acids is 1. The molecule has 1 aliphatic rings. The molecule has 0 spiro atoms. The first-order chi connectivity index (χ1) is 17.6. The molecule has 0 saturated carbocycles. The summed E-state index contributed by atoms with van der Waals surface area (Å²) in [7, 11) is 0. The quantitative estimate of drug-likeness (QED) is 0.249. The molecule has 3 aromatic rings. The van der Waals surface area contributed by atoms with Crippen molar-refractivity contribution in [3.63, 3.8) is 0 Å². The highest BCUT2D eigenvalue weighted by atomic mass is 16.6. The molecule has 0 radical (unpaired) electrons. The fourth-order valence-electron chi connectivity index (χ4n) is 4.65. The first-order valence-electron chi connectivity index (χ1n) is 12.9. The van der Waals surface area contributed by atoms with Gasteiger partial charge in [-0.3, -0.25) is 4.90 Å². The zero-order valence-corrected chi connectivity index (χ0v) is 21.4. The summed E-state index contributed by atoms with van der Waals surface area (Å²) in [5, 5.41) is 0. The second-order valence-corrected chi connectivity index (χ2v) is 9.36. The lowest BCUT2D eigenvalue weighted by atomic mass is 9.85. The van der Waals surface area contributed by atoms with Gasteiger partial charge in [-0.2, -0.15) is 0 Å². The van der Waals surface area contributed by atoms with Crippen molar-refractivity contribution in [2.45, 2.75) is 45.0 Å². The number of nitrogens with zero attached hydrogens (tertiary/aromatic N) is 1. The summed E-state index contributed by atoms with van der Waals surface area (Å²) in [5.41, 5.74) is 2.47. The van der Waals surface area contributed by atoms with Gasteiger partial charge < -0.3 is 14.2 Å². The van der Waals surface area contributed by atoms with E-state index in [1.807, 2.05) is 91.9 Å². The van der Waals surface area contributed by atoms with Gasteiger partial charge in [0.15, 0.2) is 0 Å². The van der Waals surface area contributed by atoms with Crippen molar-refractivity contribution in [2.75, 3.05) is 32.8 Å². The highest BCUT2D eigenvalue weighted by Crippen LogP contribution is 2.36. The number of carbonyl (C=O) groups is 1. The van der Waals surface area contributed by atoms with Crippen LogP contribution in [0.25, 0.3) is 0 Å². The first-order valence-corrected chi connectivity index (χ1v) is 12.9. The molecule has 1 fully saturated rings. The van der Waals surface area contributed by atoms with Crippen LogP contribution in [0.2, 0.25) is 0 Å². The molecule has 5 heteroatoms. The Morgan fingerprint density at radius 2 is 1.58 bits per heavy atom. The number of hydrogen-bond donors (Lipinski definition) is 0. The van der Waals surface area contributed by atoms with Gasteiger partial charge in [-0.05, 0) is 43.0 Å². The minimum Gasteiger partial charge on any atom is -0.458 e. The van der Waals surface area contributed by atoms with Crippen LogP contribution in [-0.2, 0) is 31.2 Å². The molecule has 0 amide bonds. The molecule has 36 heavy (non-hydrogen) atoms. The Morgan fingerprint density at radius 1 is 0.917 bits per heavy atom. The number of likely N-dealkylation sites (tertiary alicyclic amines) is 1. The van der Waals surface area contributed by atoms with E-state index in [2.05, 4.69) is 11.8 Å². The van der Waals surface area contributed by atoms with Crippen LogP contribution in [0.1, 0.15) is 42.0 Å². The molecule has 0 N–H and O–H groups in total. The molecule has 0 aliphatic carbocycles. The van der Waals surface area contributed by atoms with Crippen molar-refractivity contribution in [3.8, 4) is 0 Å². The van der Waals surface area contributed by atoms with Crippen molar-refractivity contribution < 1.29 is 19.0 Å². The van der Waals surface area contributed by atoms with Crippen molar-refractivity contribution in [3.05, 3.63) is 107 Å². The largest absolute Gasteiger partial charge is 0.458 e. The Balaban J connectivity index is 1.53. The van der Waals surface area contributed by atoms with Gasteiger partial charge in [-0.1, -0.05) is 97.4 Å². The average Bonchev–Trinajstić information content (AvgIpc) is 3.37.